The SMILES string of the molecule is CCC(C)(CN)C(=O)NC1CCN(CC(=O)NC)CC1. The Balaban J connectivity index is 2.39. The lowest BCUT2D eigenvalue weighted by Gasteiger charge is -2.34. The van der Waals surface area contributed by atoms with Gasteiger partial charge in [0.05, 0.1) is 12.0 Å². The Kier molecular flexibility index (Phi) is 6.42. The second kappa shape index (κ2) is 7.59. The fourth-order valence-electron chi connectivity index (χ4n) is 2.27. The highest BCUT2D eigenvalue weighted by Gasteiger charge is 2.32. The van der Waals surface area contributed by atoms with Gasteiger partial charge in [0.2, 0.25) is 11.8 Å². The Bertz CT molecular complexity index is 334. The van der Waals surface area contributed by atoms with E-state index in [0.29, 0.717) is 13.1 Å². The van der Waals surface area contributed by atoms with Crippen LogP contribution in [-0.2, 0) is 9.59 Å². The van der Waals surface area contributed by atoms with E-state index in [0.717, 1.165) is 32.4 Å². The molecule has 1 heterocycles. The van der Waals surface area contributed by atoms with Crippen LogP contribution < -0.4 is 16.4 Å². The smallest absolute Gasteiger partial charge is 0.233 e. The van der Waals surface area contributed by atoms with Crippen molar-refractivity contribution in [3.8, 4) is 0 Å². The number of nitrogens with two attached hydrogens (primary N) is 1. The van der Waals surface area contributed by atoms with Gasteiger partial charge in [-0.05, 0) is 26.2 Å². The van der Waals surface area contributed by atoms with Crippen LogP contribution in [0.15, 0.2) is 0 Å². The van der Waals surface area contributed by atoms with Crippen LogP contribution in [-0.4, -0.2) is 56.0 Å². The van der Waals surface area contributed by atoms with E-state index in [4.69, 9.17) is 5.73 Å². The average Bonchev–Trinajstić information content (AvgIpc) is 2.48. The van der Waals surface area contributed by atoms with Gasteiger partial charge in [-0.15, -0.1) is 0 Å². The molecular formula is C14H28N4O2. The summed E-state index contributed by atoms with van der Waals surface area (Å²) in [5.74, 6) is 0.0847. The first kappa shape index (κ1) is 16.9. The lowest BCUT2D eigenvalue weighted by Crippen LogP contribution is -2.51. The van der Waals surface area contributed by atoms with E-state index >= 15 is 0 Å². The third-order valence-electron chi connectivity index (χ3n) is 4.35. The zero-order valence-electron chi connectivity index (χ0n) is 12.9. The maximum atomic E-state index is 12.2. The van der Waals surface area contributed by atoms with Gasteiger partial charge in [0.1, 0.15) is 0 Å². The maximum Gasteiger partial charge on any atom is 0.233 e. The second-order valence-corrected chi connectivity index (χ2v) is 5.82. The van der Waals surface area contributed by atoms with E-state index in [1.165, 1.54) is 0 Å². The summed E-state index contributed by atoms with van der Waals surface area (Å²) in [5.41, 5.74) is 5.23. The molecule has 1 rings (SSSR count). The molecule has 0 aromatic heterocycles. The standard InChI is InChI=1S/C14H28N4O2/c1-4-14(2,10-15)13(20)17-11-5-7-18(8-6-11)9-12(19)16-3/h11H,4-10,15H2,1-3H3,(H,16,19)(H,17,20). The van der Waals surface area contributed by atoms with Crippen LogP contribution in [0.1, 0.15) is 33.1 Å². The highest BCUT2D eigenvalue weighted by atomic mass is 16.2. The molecule has 4 N–H and O–H groups in total. The third kappa shape index (κ3) is 4.45. The number of carbonyl (C=O) groups is 2. The molecule has 0 saturated carbocycles. The molecule has 6 nitrogen and oxygen atoms in total. The van der Waals surface area contributed by atoms with Crippen molar-refractivity contribution >= 4 is 11.8 Å². The molecule has 0 spiro atoms. The minimum absolute atomic E-state index is 0.0363. The molecule has 1 saturated heterocycles. The number of likely N-dealkylation sites (tertiary alicyclic amines) is 1. The van der Waals surface area contributed by atoms with Gasteiger partial charge in [0.15, 0.2) is 0 Å². The zero-order valence-corrected chi connectivity index (χ0v) is 12.9. The summed E-state index contributed by atoms with van der Waals surface area (Å²) in [7, 11) is 1.65. The summed E-state index contributed by atoms with van der Waals surface area (Å²) >= 11 is 0. The van der Waals surface area contributed by atoms with Crippen LogP contribution in [0.3, 0.4) is 0 Å². The van der Waals surface area contributed by atoms with Gasteiger partial charge in [-0.2, -0.15) is 0 Å². The molecule has 0 bridgehead atoms. The van der Waals surface area contributed by atoms with Gasteiger partial charge >= 0.3 is 0 Å². The topological polar surface area (TPSA) is 87.5 Å². The fraction of sp³-hybridized carbons (Fsp3) is 0.857. The number of amides is 2. The predicted octanol–water partition coefficient (Wildman–Crippen LogP) is -0.312. The second-order valence-electron chi connectivity index (χ2n) is 5.82. The van der Waals surface area contributed by atoms with Crippen LogP contribution in [0, 0.1) is 5.41 Å². The average molecular weight is 284 g/mol. The van der Waals surface area contributed by atoms with Gasteiger partial charge in [-0.25, -0.2) is 0 Å². The molecule has 0 aliphatic carbocycles. The highest BCUT2D eigenvalue weighted by Crippen LogP contribution is 2.20. The zero-order chi connectivity index (χ0) is 15.2. The maximum absolute atomic E-state index is 12.2. The largest absolute Gasteiger partial charge is 0.358 e. The van der Waals surface area contributed by atoms with Gasteiger partial charge in [-0.1, -0.05) is 6.92 Å². The van der Waals surface area contributed by atoms with E-state index < -0.39 is 5.41 Å². The van der Waals surface area contributed by atoms with E-state index in [-0.39, 0.29) is 17.9 Å². The lowest BCUT2D eigenvalue weighted by molar-refractivity contribution is -0.131. The number of piperidine rings is 1. The fourth-order valence-corrected chi connectivity index (χ4v) is 2.27. The van der Waals surface area contributed by atoms with Crippen molar-refractivity contribution in [2.45, 2.75) is 39.2 Å². The minimum Gasteiger partial charge on any atom is -0.358 e. The Morgan fingerprint density at radius 3 is 2.40 bits per heavy atom. The molecule has 20 heavy (non-hydrogen) atoms. The van der Waals surface area contributed by atoms with E-state index in [1.807, 2.05) is 13.8 Å². The first-order valence-corrected chi connectivity index (χ1v) is 7.39. The molecule has 0 aromatic carbocycles. The Hall–Kier alpha value is -1.14. The molecule has 2 amide bonds. The Morgan fingerprint density at radius 2 is 1.95 bits per heavy atom. The number of rotatable bonds is 6. The number of hydrogen-bond donors (Lipinski definition) is 3. The van der Waals surface area contributed by atoms with Gasteiger partial charge in [0, 0.05) is 32.7 Å². The van der Waals surface area contributed by atoms with E-state index in [9.17, 15) is 9.59 Å². The summed E-state index contributed by atoms with van der Waals surface area (Å²) in [6, 6.07) is 0.195. The van der Waals surface area contributed by atoms with Crippen molar-refractivity contribution in [3.63, 3.8) is 0 Å². The van der Waals surface area contributed by atoms with E-state index in [2.05, 4.69) is 15.5 Å². The Labute approximate surface area is 121 Å². The van der Waals surface area contributed by atoms with Crippen molar-refractivity contribution < 1.29 is 9.59 Å². The minimum atomic E-state index is -0.473. The third-order valence-corrected chi connectivity index (χ3v) is 4.35. The molecule has 116 valence electrons. The van der Waals surface area contributed by atoms with Crippen molar-refractivity contribution in [1.82, 2.24) is 15.5 Å². The number of nitrogens with one attached hydrogen (secondary N) is 2. The van der Waals surface area contributed by atoms with E-state index in [1.54, 1.807) is 7.05 Å². The molecule has 1 unspecified atom stereocenters. The summed E-state index contributed by atoms with van der Waals surface area (Å²) in [6.45, 7) is 6.37. The lowest BCUT2D eigenvalue weighted by atomic mass is 9.86. The van der Waals surface area contributed by atoms with Crippen LogP contribution in [0.5, 0.6) is 0 Å². The summed E-state index contributed by atoms with van der Waals surface area (Å²) in [4.78, 5) is 25.7. The van der Waals surface area contributed by atoms with Crippen LogP contribution in [0.2, 0.25) is 0 Å². The number of carbonyl (C=O) groups excluding carboxylic acids is 2. The molecule has 1 fully saturated rings. The summed E-state index contributed by atoms with van der Waals surface area (Å²) in [5, 5.41) is 5.73. The number of likely N-dealkylation sites (N-methyl/N-ethyl adjacent to an activating group) is 1. The van der Waals surface area contributed by atoms with Gasteiger partial charge in [-0.3, -0.25) is 14.5 Å². The van der Waals surface area contributed by atoms with Crippen molar-refractivity contribution in [1.29, 1.82) is 0 Å². The molecule has 1 aliphatic rings. The van der Waals surface area contributed by atoms with Crippen molar-refractivity contribution in [3.05, 3.63) is 0 Å². The molecule has 6 heteroatoms. The predicted molar refractivity (Wildman–Crippen MR) is 79.1 cm³/mol. The van der Waals surface area contributed by atoms with Gasteiger partial charge < -0.3 is 16.4 Å². The molecule has 0 radical (unpaired) electrons. The molecular weight excluding hydrogens is 256 g/mol. The quantitative estimate of drug-likeness (QED) is 0.624. The van der Waals surface area contributed by atoms with Crippen molar-refractivity contribution in [2.24, 2.45) is 11.1 Å². The first-order chi connectivity index (χ1) is 9.45. The molecule has 0 aromatic rings. The van der Waals surface area contributed by atoms with Crippen LogP contribution >= 0.6 is 0 Å². The summed E-state index contributed by atoms with van der Waals surface area (Å²) in [6.07, 6.45) is 2.51. The normalized spacial score (nSPS) is 20.2. The number of nitrogens with zero attached hydrogens (tertiary/aromatic N) is 1. The molecule has 1 atom stereocenters. The Morgan fingerprint density at radius 1 is 1.35 bits per heavy atom. The van der Waals surface area contributed by atoms with Gasteiger partial charge in [0.25, 0.3) is 0 Å². The summed E-state index contributed by atoms with van der Waals surface area (Å²) < 4.78 is 0. The number of hydrogen-bond acceptors (Lipinski definition) is 4. The molecule has 1 aliphatic heterocycles. The first-order valence-electron chi connectivity index (χ1n) is 7.39. The van der Waals surface area contributed by atoms with Crippen LogP contribution in [0.4, 0.5) is 0 Å². The van der Waals surface area contributed by atoms with Crippen molar-refractivity contribution in [2.75, 3.05) is 33.2 Å². The monoisotopic (exact) mass is 284 g/mol. The highest BCUT2D eigenvalue weighted by molar-refractivity contribution is 5.82. The van der Waals surface area contributed by atoms with Crippen LogP contribution in [0.25, 0.3) is 0 Å².